The molecule has 33 heavy (non-hydrogen) atoms. The predicted octanol–water partition coefficient (Wildman–Crippen LogP) is 5.93. The topological polar surface area (TPSA) is 72.9 Å². The van der Waals surface area contributed by atoms with Crippen LogP contribution in [0.5, 0.6) is 11.5 Å². The van der Waals surface area contributed by atoms with Gasteiger partial charge in [0.05, 0.1) is 7.11 Å². The highest BCUT2D eigenvalue weighted by Gasteiger charge is 2.32. The van der Waals surface area contributed by atoms with E-state index in [4.69, 9.17) is 21.1 Å². The highest BCUT2D eigenvalue weighted by molar-refractivity contribution is 6.32. The Balaban J connectivity index is 1.53. The monoisotopic (exact) mass is 478 g/mol. The van der Waals surface area contributed by atoms with E-state index in [0.717, 1.165) is 12.3 Å². The van der Waals surface area contributed by atoms with Gasteiger partial charge in [-0.05, 0) is 36.4 Å². The van der Waals surface area contributed by atoms with Crippen LogP contribution < -0.4 is 9.47 Å². The van der Waals surface area contributed by atoms with Gasteiger partial charge >= 0.3 is 6.18 Å². The maximum Gasteiger partial charge on any atom is 0.433 e. The Morgan fingerprint density at radius 1 is 0.970 bits per heavy atom. The van der Waals surface area contributed by atoms with Gasteiger partial charge in [-0.2, -0.15) is 17.6 Å². The second kappa shape index (κ2) is 9.07. The van der Waals surface area contributed by atoms with E-state index in [1.54, 1.807) is 18.2 Å². The van der Waals surface area contributed by atoms with Crippen LogP contribution in [0.15, 0.2) is 54.9 Å². The van der Waals surface area contributed by atoms with Crippen molar-refractivity contribution in [1.29, 1.82) is 0 Å². The van der Waals surface area contributed by atoms with Gasteiger partial charge in [0.2, 0.25) is 5.95 Å². The molecule has 4 rings (SSSR count). The summed E-state index contributed by atoms with van der Waals surface area (Å²) < 4.78 is 62.1. The number of hydrogen-bond donors (Lipinski definition) is 1. The molecule has 170 valence electrons. The van der Waals surface area contributed by atoms with Crippen LogP contribution in [-0.2, 0) is 12.8 Å². The summed E-state index contributed by atoms with van der Waals surface area (Å²) in [6.07, 6.45) is -2.06. The zero-order valence-electron chi connectivity index (χ0n) is 17.0. The number of ether oxygens (including phenoxy) is 2. The number of imidazole rings is 1. The van der Waals surface area contributed by atoms with Crippen molar-refractivity contribution in [3.05, 3.63) is 77.2 Å². The van der Waals surface area contributed by atoms with E-state index in [-0.39, 0.29) is 11.8 Å². The normalized spacial score (nSPS) is 11.5. The van der Waals surface area contributed by atoms with E-state index in [9.17, 15) is 17.6 Å². The lowest BCUT2D eigenvalue weighted by atomic mass is 10.1. The zero-order valence-corrected chi connectivity index (χ0v) is 17.7. The molecule has 0 aliphatic heterocycles. The lowest BCUT2D eigenvalue weighted by Gasteiger charge is -2.12. The number of methoxy groups -OCH3 is 1. The molecule has 0 radical (unpaired) electrons. The summed E-state index contributed by atoms with van der Waals surface area (Å²) in [7, 11) is 1.45. The Bertz CT molecular complexity index is 1260. The first-order chi connectivity index (χ1) is 15.7. The number of aromatic amines is 1. The van der Waals surface area contributed by atoms with Crippen LogP contribution in [0, 0.1) is 5.95 Å². The number of halogens is 5. The van der Waals surface area contributed by atoms with Crippen molar-refractivity contribution < 1.29 is 27.0 Å². The number of nitrogens with zero attached hydrogens (tertiary/aromatic N) is 3. The third-order valence-electron chi connectivity index (χ3n) is 4.61. The Morgan fingerprint density at radius 3 is 2.39 bits per heavy atom. The molecule has 0 amide bonds. The van der Waals surface area contributed by atoms with E-state index in [2.05, 4.69) is 19.9 Å². The molecule has 0 saturated heterocycles. The zero-order chi connectivity index (χ0) is 23.6. The maximum atomic E-state index is 13.1. The Labute approximate surface area is 190 Å². The third kappa shape index (κ3) is 5.06. The molecule has 6 nitrogen and oxygen atoms in total. The highest BCUT2D eigenvalue weighted by atomic mass is 35.5. The van der Waals surface area contributed by atoms with Gasteiger partial charge in [-0.25, -0.2) is 9.97 Å². The molecule has 0 aliphatic rings. The lowest BCUT2D eigenvalue weighted by molar-refractivity contribution is -0.141. The lowest BCUT2D eigenvalue weighted by Crippen LogP contribution is -2.08. The van der Waals surface area contributed by atoms with Crippen molar-refractivity contribution in [2.45, 2.75) is 12.8 Å². The minimum atomic E-state index is -4.50. The number of aromatic nitrogens is 4. The molecule has 1 aromatic carbocycles. The van der Waals surface area contributed by atoms with E-state index in [1.807, 2.05) is 0 Å². The van der Waals surface area contributed by atoms with Gasteiger partial charge in [0.15, 0.2) is 11.5 Å². The summed E-state index contributed by atoms with van der Waals surface area (Å²) in [6.45, 7) is -0.00821. The Morgan fingerprint density at radius 2 is 1.76 bits per heavy atom. The predicted molar refractivity (Wildman–Crippen MR) is 112 cm³/mol. The van der Waals surface area contributed by atoms with E-state index in [1.165, 1.54) is 31.5 Å². The maximum absolute atomic E-state index is 13.1. The van der Waals surface area contributed by atoms with Crippen LogP contribution in [0.25, 0.3) is 22.6 Å². The number of rotatable bonds is 6. The van der Waals surface area contributed by atoms with Crippen LogP contribution in [-0.4, -0.2) is 27.0 Å². The van der Waals surface area contributed by atoms with Crippen LogP contribution in [0.1, 0.15) is 11.3 Å². The van der Waals surface area contributed by atoms with Gasteiger partial charge in [0.25, 0.3) is 0 Å². The number of hydrogen-bond acceptors (Lipinski definition) is 5. The second-order valence-electron chi connectivity index (χ2n) is 6.82. The summed E-state index contributed by atoms with van der Waals surface area (Å²) in [4.78, 5) is 14.4. The Hall–Kier alpha value is -3.66. The SMILES string of the molecule is COc1cc(-c2nc(-c3ccc(F)nc3)[nH]c2Cl)ccc1OCc1ccc(C(F)(F)F)nc1. The van der Waals surface area contributed by atoms with Gasteiger partial charge in [-0.1, -0.05) is 17.7 Å². The van der Waals surface area contributed by atoms with Crippen LogP contribution in [0.2, 0.25) is 5.15 Å². The number of H-pyrrole nitrogens is 1. The molecule has 11 heteroatoms. The molecule has 0 atom stereocenters. The first-order valence-corrected chi connectivity index (χ1v) is 9.83. The molecule has 0 saturated carbocycles. The fraction of sp³-hybridized carbons (Fsp3) is 0.136. The third-order valence-corrected chi connectivity index (χ3v) is 4.88. The molecule has 0 bridgehead atoms. The largest absolute Gasteiger partial charge is 0.493 e. The first-order valence-electron chi connectivity index (χ1n) is 9.45. The van der Waals surface area contributed by atoms with Gasteiger partial charge in [-0.3, -0.25) is 4.98 Å². The first kappa shape index (κ1) is 22.5. The molecule has 4 aromatic rings. The fourth-order valence-corrected chi connectivity index (χ4v) is 3.21. The summed E-state index contributed by atoms with van der Waals surface area (Å²) in [5.74, 6) is 0.549. The summed E-state index contributed by atoms with van der Waals surface area (Å²) in [5.41, 5.74) is 1.11. The molecule has 0 unspecified atom stereocenters. The minimum Gasteiger partial charge on any atom is -0.493 e. The molecule has 3 aromatic heterocycles. The molecule has 1 N–H and O–H groups in total. The molecule has 0 aliphatic carbocycles. The molecular formula is C22H15ClF4N4O2. The van der Waals surface area contributed by atoms with E-state index in [0.29, 0.717) is 39.7 Å². The number of pyridine rings is 2. The van der Waals surface area contributed by atoms with Crippen molar-refractivity contribution in [1.82, 2.24) is 19.9 Å². The average molecular weight is 479 g/mol. The minimum absolute atomic E-state index is 0.00821. The number of benzene rings is 1. The van der Waals surface area contributed by atoms with Gasteiger partial charge in [-0.15, -0.1) is 0 Å². The van der Waals surface area contributed by atoms with E-state index < -0.39 is 17.8 Å². The van der Waals surface area contributed by atoms with Crippen LogP contribution >= 0.6 is 11.6 Å². The van der Waals surface area contributed by atoms with Crippen molar-refractivity contribution in [2.75, 3.05) is 7.11 Å². The Kier molecular flexibility index (Phi) is 6.19. The quantitative estimate of drug-likeness (QED) is 0.274. The summed E-state index contributed by atoms with van der Waals surface area (Å²) in [5, 5.41) is 0.265. The van der Waals surface area contributed by atoms with Crippen molar-refractivity contribution in [2.24, 2.45) is 0 Å². The number of alkyl halides is 3. The van der Waals surface area contributed by atoms with Gasteiger partial charge in [0, 0.05) is 29.1 Å². The van der Waals surface area contributed by atoms with Crippen molar-refractivity contribution >= 4 is 11.6 Å². The van der Waals surface area contributed by atoms with Gasteiger partial charge in [0.1, 0.15) is 29.0 Å². The molecule has 0 spiro atoms. The summed E-state index contributed by atoms with van der Waals surface area (Å²) in [6, 6.07) is 9.93. The fourth-order valence-electron chi connectivity index (χ4n) is 2.97. The average Bonchev–Trinajstić information content (AvgIpc) is 3.19. The van der Waals surface area contributed by atoms with Gasteiger partial charge < -0.3 is 14.5 Å². The molecular weight excluding hydrogens is 464 g/mol. The standard InChI is InChI=1S/C22H15ClF4N4O2/c1-32-16-8-13(19-20(23)31-21(30-19)14-4-7-18(24)29-10-14)3-5-15(16)33-11-12-2-6-17(28-9-12)22(25,26)27/h2-10H,11H2,1H3,(H,30,31). The smallest absolute Gasteiger partial charge is 0.433 e. The second-order valence-corrected chi connectivity index (χ2v) is 7.20. The van der Waals surface area contributed by atoms with Crippen LogP contribution in [0.3, 0.4) is 0 Å². The van der Waals surface area contributed by atoms with Crippen molar-refractivity contribution in [3.63, 3.8) is 0 Å². The summed E-state index contributed by atoms with van der Waals surface area (Å²) >= 11 is 6.31. The van der Waals surface area contributed by atoms with E-state index >= 15 is 0 Å². The van der Waals surface area contributed by atoms with Crippen LogP contribution in [0.4, 0.5) is 17.6 Å². The molecule has 0 fully saturated rings. The van der Waals surface area contributed by atoms with Crippen molar-refractivity contribution in [3.8, 4) is 34.1 Å². The number of nitrogens with one attached hydrogen (secondary N) is 1. The molecule has 3 heterocycles. The highest BCUT2D eigenvalue weighted by Crippen LogP contribution is 2.36.